The van der Waals surface area contributed by atoms with Crippen molar-refractivity contribution in [3.8, 4) is 22.3 Å². The quantitative estimate of drug-likeness (QED) is 0.343. The number of carbonyl (C=O) groups excluding carboxylic acids is 2. The molecule has 7 nitrogen and oxygen atoms in total. The molecule has 2 heterocycles. The van der Waals surface area contributed by atoms with Crippen LogP contribution < -0.4 is 16.0 Å². The number of fused-ring (bicyclic) bond motifs is 3. The summed E-state index contributed by atoms with van der Waals surface area (Å²) in [6.07, 6.45) is 1.89. The van der Waals surface area contributed by atoms with Gasteiger partial charge in [-0.15, -0.1) is 0 Å². The largest absolute Gasteiger partial charge is 0.378 e. The van der Waals surface area contributed by atoms with Crippen LogP contribution in [0.1, 0.15) is 32.0 Å². The van der Waals surface area contributed by atoms with Crippen LogP contribution in [0.3, 0.4) is 0 Å². The maximum atomic E-state index is 15.9. The van der Waals surface area contributed by atoms with Crippen molar-refractivity contribution >= 4 is 23.2 Å². The summed E-state index contributed by atoms with van der Waals surface area (Å²) in [4.78, 5) is 31.5. The number of rotatable bonds is 5. The van der Waals surface area contributed by atoms with Crippen molar-refractivity contribution in [3.05, 3.63) is 101 Å². The standard InChI is InChI=1S/C30H24F2N4O3/c31-19-6-4-17(5-7-19)30(38)35-25-3-1-2-22(27(25)32)24-16-34-28(29(33)37)23-15-18-14-20(8-9-21(18)26(23)24)36-10-12-39-13-11-36/h1-9,14,16H,10-13,15H2,(H2,33,37)(H,35,38). The topological polar surface area (TPSA) is 97.6 Å². The average Bonchev–Trinajstić information content (AvgIpc) is 3.33. The number of benzene rings is 3. The molecular weight excluding hydrogens is 502 g/mol. The summed E-state index contributed by atoms with van der Waals surface area (Å²) in [5, 5.41) is 2.57. The fourth-order valence-electron chi connectivity index (χ4n) is 5.26. The summed E-state index contributed by atoms with van der Waals surface area (Å²) in [6.45, 7) is 2.88. The van der Waals surface area contributed by atoms with Crippen LogP contribution in [-0.4, -0.2) is 43.1 Å². The number of carbonyl (C=O) groups is 2. The van der Waals surface area contributed by atoms with E-state index in [1.165, 1.54) is 36.5 Å². The van der Waals surface area contributed by atoms with Crippen molar-refractivity contribution in [2.24, 2.45) is 5.73 Å². The first kappa shape index (κ1) is 24.7. The SMILES string of the molecule is NC(=O)c1ncc(-c2cccc(NC(=O)c3ccc(F)cc3)c2F)c2c1Cc1cc(N3CCOCC3)ccc1-2. The van der Waals surface area contributed by atoms with Gasteiger partial charge in [0.1, 0.15) is 11.5 Å². The first-order valence-electron chi connectivity index (χ1n) is 12.5. The third kappa shape index (κ3) is 4.51. The van der Waals surface area contributed by atoms with Crippen LogP contribution in [0, 0.1) is 11.6 Å². The molecule has 39 heavy (non-hydrogen) atoms. The molecule has 3 aromatic carbocycles. The van der Waals surface area contributed by atoms with Gasteiger partial charge in [-0.2, -0.15) is 0 Å². The number of pyridine rings is 1. The fraction of sp³-hybridized carbons (Fsp3) is 0.167. The van der Waals surface area contributed by atoms with Crippen LogP contribution >= 0.6 is 0 Å². The Bertz CT molecular complexity index is 1620. The molecule has 1 aliphatic heterocycles. The number of primary amides is 1. The van der Waals surface area contributed by atoms with Crippen LogP contribution in [0.2, 0.25) is 0 Å². The number of morpholine rings is 1. The summed E-state index contributed by atoms with van der Waals surface area (Å²) in [5.41, 5.74) is 11.0. The molecule has 0 saturated carbocycles. The Hall–Kier alpha value is -4.63. The molecule has 2 aliphatic rings. The van der Waals surface area contributed by atoms with E-state index in [0.717, 1.165) is 29.9 Å². The summed E-state index contributed by atoms with van der Waals surface area (Å²) < 4.78 is 34.6. The number of amides is 2. The first-order chi connectivity index (χ1) is 18.9. The average molecular weight is 527 g/mol. The van der Waals surface area contributed by atoms with E-state index in [0.29, 0.717) is 36.3 Å². The van der Waals surface area contributed by atoms with Gasteiger partial charge in [0.15, 0.2) is 5.82 Å². The Labute approximate surface area is 223 Å². The number of nitrogens with zero attached hydrogens (tertiary/aromatic N) is 2. The summed E-state index contributed by atoms with van der Waals surface area (Å²) >= 11 is 0. The maximum Gasteiger partial charge on any atom is 0.267 e. The number of nitrogens with two attached hydrogens (primary N) is 1. The molecule has 0 atom stereocenters. The zero-order valence-electron chi connectivity index (χ0n) is 20.8. The van der Waals surface area contributed by atoms with E-state index < -0.39 is 23.4 Å². The van der Waals surface area contributed by atoms with E-state index in [1.807, 2.05) is 12.1 Å². The number of hydrogen-bond acceptors (Lipinski definition) is 5. The predicted molar refractivity (Wildman–Crippen MR) is 144 cm³/mol. The molecule has 1 fully saturated rings. The van der Waals surface area contributed by atoms with Gasteiger partial charge in [0.05, 0.1) is 18.9 Å². The number of halogens is 2. The predicted octanol–water partition coefficient (Wildman–Crippen LogP) is 4.79. The molecule has 4 aromatic rings. The first-order valence-corrected chi connectivity index (χ1v) is 12.5. The third-order valence-electron chi connectivity index (χ3n) is 7.16. The molecule has 0 unspecified atom stereocenters. The van der Waals surface area contributed by atoms with Gasteiger partial charge < -0.3 is 20.7 Å². The second-order valence-electron chi connectivity index (χ2n) is 9.48. The molecule has 2 amide bonds. The monoisotopic (exact) mass is 526 g/mol. The fourth-order valence-corrected chi connectivity index (χ4v) is 5.26. The smallest absolute Gasteiger partial charge is 0.267 e. The second kappa shape index (κ2) is 9.92. The highest BCUT2D eigenvalue weighted by Crippen LogP contribution is 2.46. The Kier molecular flexibility index (Phi) is 6.28. The van der Waals surface area contributed by atoms with Gasteiger partial charge in [0, 0.05) is 48.1 Å². The molecule has 9 heteroatoms. The van der Waals surface area contributed by atoms with Gasteiger partial charge in [-0.05, 0) is 64.7 Å². The highest BCUT2D eigenvalue weighted by Gasteiger charge is 2.29. The van der Waals surface area contributed by atoms with Crippen molar-refractivity contribution in [2.75, 3.05) is 36.5 Å². The molecule has 3 N–H and O–H groups in total. The van der Waals surface area contributed by atoms with Gasteiger partial charge in [0.2, 0.25) is 0 Å². The van der Waals surface area contributed by atoms with Crippen molar-refractivity contribution in [2.45, 2.75) is 6.42 Å². The Morgan fingerprint density at radius 2 is 1.72 bits per heavy atom. The van der Waals surface area contributed by atoms with Crippen LogP contribution in [0.4, 0.5) is 20.2 Å². The number of hydrogen-bond donors (Lipinski definition) is 2. The van der Waals surface area contributed by atoms with Gasteiger partial charge >= 0.3 is 0 Å². The van der Waals surface area contributed by atoms with E-state index in [4.69, 9.17) is 10.5 Å². The van der Waals surface area contributed by atoms with E-state index in [2.05, 4.69) is 21.3 Å². The molecule has 0 spiro atoms. The Morgan fingerprint density at radius 1 is 0.949 bits per heavy atom. The lowest BCUT2D eigenvalue weighted by Gasteiger charge is -2.29. The molecule has 1 aliphatic carbocycles. The van der Waals surface area contributed by atoms with Gasteiger partial charge in [-0.3, -0.25) is 14.6 Å². The normalized spacial score (nSPS) is 14.1. The van der Waals surface area contributed by atoms with Gasteiger partial charge in [-0.25, -0.2) is 8.78 Å². The van der Waals surface area contributed by atoms with Gasteiger partial charge in [0.25, 0.3) is 11.8 Å². The summed E-state index contributed by atoms with van der Waals surface area (Å²) in [7, 11) is 0. The van der Waals surface area contributed by atoms with Crippen LogP contribution in [-0.2, 0) is 11.2 Å². The zero-order valence-corrected chi connectivity index (χ0v) is 20.8. The summed E-state index contributed by atoms with van der Waals surface area (Å²) in [6, 6.07) is 15.8. The van der Waals surface area contributed by atoms with E-state index in [9.17, 15) is 14.0 Å². The molecule has 196 valence electrons. The summed E-state index contributed by atoms with van der Waals surface area (Å²) in [5.74, 6) is -2.35. The van der Waals surface area contributed by atoms with E-state index in [-0.39, 0.29) is 22.5 Å². The van der Waals surface area contributed by atoms with Crippen molar-refractivity contribution in [3.63, 3.8) is 0 Å². The van der Waals surface area contributed by atoms with E-state index >= 15 is 4.39 Å². The number of anilines is 2. The highest BCUT2D eigenvalue weighted by molar-refractivity contribution is 6.05. The minimum absolute atomic E-state index is 0.0320. The van der Waals surface area contributed by atoms with Crippen molar-refractivity contribution < 1.29 is 23.1 Å². The minimum Gasteiger partial charge on any atom is -0.378 e. The molecular formula is C30H24F2N4O3. The Balaban J connectivity index is 1.41. The second-order valence-corrected chi connectivity index (χ2v) is 9.48. The lowest BCUT2D eigenvalue weighted by Crippen LogP contribution is -2.36. The number of ether oxygens (including phenoxy) is 1. The minimum atomic E-state index is -0.653. The Morgan fingerprint density at radius 3 is 2.46 bits per heavy atom. The van der Waals surface area contributed by atoms with Crippen LogP contribution in [0.5, 0.6) is 0 Å². The van der Waals surface area contributed by atoms with Crippen LogP contribution in [0.15, 0.2) is 66.9 Å². The molecule has 0 radical (unpaired) electrons. The maximum absolute atomic E-state index is 15.9. The molecule has 0 bridgehead atoms. The van der Waals surface area contributed by atoms with E-state index in [1.54, 1.807) is 12.1 Å². The third-order valence-corrected chi connectivity index (χ3v) is 7.16. The molecule has 1 aromatic heterocycles. The van der Waals surface area contributed by atoms with Crippen LogP contribution in [0.25, 0.3) is 22.3 Å². The van der Waals surface area contributed by atoms with Crippen molar-refractivity contribution in [1.82, 2.24) is 4.98 Å². The lowest BCUT2D eigenvalue weighted by atomic mass is 9.94. The number of nitrogens with one attached hydrogen (secondary N) is 1. The molecule has 6 rings (SSSR count). The zero-order chi connectivity index (χ0) is 27.1. The highest BCUT2D eigenvalue weighted by atomic mass is 19.1. The van der Waals surface area contributed by atoms with Gasteiger partial charge in [-0.1, -0.05) is 18.2 Å². The van der Waals surface area contributed by atoms with Crippen molar-refractivity contribution in [1.29, 1.82) is 0 Å². The lowest BCUT2D eigenvalue weighted by molar-refractivity contribution is 0.0992. The number of aromatic nitrogens is 1. The molecule has 1 saturated heterocycles.